The fourth-order valence-electron chi connectivity index (χ4n) is 2.68. The minimum Gasteiger partial charge on any atom is -0.389 e. The van der Waals surface area contributed by atoms with Crippen LogP contribution in [0.1, 0.15) is 51.7 Å². The molecule has 1 aliphatic rings. The van der Waals surface area contributed by atoms with Crippen LogP contribution in [0.2, 0.25) is 5.02 Å². The normalized spacial score (nSPS) is 20.4. The van der Waals surface area contributed by atoms with Crippen molar-refractivity contribution in [2.75, 3.05) is 18.0 Å². The molecule has 0 radical (unpaired) electrons. The second-order valence-corrected chi connectivity index (χ2v) is 6.45. The highest BCUT2D eigenvalue weighted by Gasteiger charge is 2.28. The van der Waals surface area contributed by atoms with Crippen LogP contribution in [-0.4, -0.2) is 18.2 Å². The molecule has 2 nitrogen and oxygen atoms in total. The number of benzene rings is 1. The van der Waals surface area contributed by atoms with Gasteiger partial charge in [0.25, 0.3) is 0 Å². The van der Waals surface area contributed by atoms with Crippen molar-refractivity contribution in [1.82, 2.24) is 0 Å². The molecule has 19 heavy (non-hydrogen) atoms. The van der Waals surface area contributed by atoms with Crippen LogP contribution in [0.4, 0.5) is 5.69 Å². The van der Waals surface area contributed by atoms with E-state index < -0.39 is 6.10 Å². The van der Waals surface area contributed by atoms with Crippen molar-refractivity contribution in [3.8, 4) is 0 Å². The van der Waals surface area contributed by atoms with Crippen LogP contribution in [-0.2, 0) is 0 Å². The van der Waals surface area contributed by atoms with Crippen molar-refractivity contribution in [3.05, 3.63) is 28.8 Å². The van der Waals surface area contributed by atoms with Gasteiger partial charge < -0.3 is 10.0 Å². The zero-order chi connectivity index (χ0) is 14.0. The maximum absolute atomic E-state index is 9.58. The van der Waals surface area contributed by atoms with E-state index in [0.717, 1.165) is 29.4 Å². The Hall–Kier alpha value is -0.730. The van der Waals surface area contributed by atoms with Crippen molar-refractivity contribution >= 4 is 17.3 Å². The van der Waals surface area contributed by atoms with Gasteiger partial charge in [0.05, 0.1) is 16.8 Å². The SMILES string of the molecule is CCC1(C)CCN(c2ccc(C(C)O)cc2Cl)CC1. The van der Waals surface area contributed by atoms with E-state index in [1.807, 2.05) is 18.2 Å². The summed E-state index contributed by atoms with van der Waals surface area (Å²) in [5.41, 5.74) is 2.47. The van der Waals surface area contributed by atoms with Crippen LogP contribution in [0.25, 0.3) is 0 Å². The fourth-order valence-corrected chi connectivity index (χ4v) is 2.99. The summed E-state index contributed by atoms with van der Waals surface area (Å²) in [7, 11) is 0. The van der Waals surface area contributed by atoms with Gasteiger partial charge in [-0.05, 0) is 42.9 Å². The predicted molar refractivity (Wildman–Crippen MR) is 81.9 cm³/mol. The van der Waals surface area contributed by atoms with Gasteiger partial charge in [0.15, 0.2) is 0 Å². The summed E-state index contributed by atoms with van der Waals surface area (Å²) in [4.78, 5) is 2.37. The molecule has 1 saturated heterocycles. The number of hydrogen-bond acceptors (Lipinski definition) is 2. The van der Waals surface area contributed by atoms with E-state index >= 15 is 0 Å². The van der Waals surface area contributed by atoms with E-state index in [1.54, 1.807) is 6.92 Å². The van der Waals surface area contributed by atoms with Crippen LogP contribution in [0.5, 0.6) is 0 Å². The van der Waals surface area contributed by atoms with E-state index in [2.05, 4.69) is 18.7 Å². The largest absolute Gasteiger partial charge is 0.389 e. The van der Waals surface area contributed by atoms with E-state index in [9.17, 15) is 5.11 Å². The monoisotopic (exact) mass is 281 g/mol. The molecule has 1 N–H and O–H groups in total. The number of nitrogens with zero attached hydrogens (tertiary/aromatic N) is 1. The molecule has 0 bridgehead atoms. The van der Waals surface area contributed by atoms with Gasteiger partial charge in [-0.15, -0.1) is 0 Å². The lowest BCUT2D eigenvalue weighted by Crippen LogP contribution is -2.38. The Kier molecular flexibility index (Phi) is 4.42. The lowest BCUT2D eigenvalue weighted by atomic mass is 9.78. The van der Waals surface area contributed by atoms with Crippen LogP contribution >= 0.6 is 11.6 Å². The highest BCUT2D eigenvalue weighted by atomic mass is 35.5. The molecule has 0 aliphatic carbocycles. The van der Waals surface area contributed by atoms with Gasteiger partial charge in [-0.1, -0.05) is 37.9 Å². The molecular formula is C16H24ClNO. The van der Waals surface area contributed by atoms with Gasteiger partial charge in [-0.2, -0.15) is 0 Å². The van der Waals surface area contributed by atoms with Gasteiger partial charge in [-0.3, -0.25) is 0 Å². The molecule has 1 fully saturated rings. The summed E-state index contributed by atoms with van der Waals surface area (Å²) in [5.74, 6) is 0. The minimum absolute atomic E-state index is 0.462. The molecule has 1 aromatic rings. The van der Waals surface area contributed by atoms with Gasteiger partial charge in [0.2, 0.25) is 0 Å². The van der Waals surface area contributed by atoms with Crippen molar-refractivity contribution in [3.63, 3.8) is 0 Å². The molecule has 0 aromatic heterocycles. The smallest absolute Gasteiger partial charge is 0.0762 e. The quantitative estimate of drug-likeness (QED) is 0.887. The van der Waals surface area contributed by atoms with Crippen LogP contribution < -0.4 is 4.90 Å². The number of piperidine rings is 1. The molecule has 1 aliphatic heterocycles. The number of rotatable bonds is 3. The lowest BCUT2D eigenvalue weighted by molar-refractivity contribution is 0.199. The molecular weight excluding hydrogens is 258 g/mol. The highest BCUT2D eigenvalue weighted by Crippen LogP contribution is 2.38. The van der Waals surface area contributed by atoms with Crippen molar-refractivity contribution in [2.24, 2.45) is 5.41 Å². The number of anilines is 1. The van der Waals surface area contributed by atoms with Gasteiger partial charge in [-0.25, -0.2) is 0 Å². The maximum atomic E-state index is 9.58. The van der Waals surface area contributed by atoms with Crippen molar-refractivity contribution in [1.29, 1.82) is 0 Å². The second kappa shape index (κ2) is 5.72. The Bertz CT molecular complexity index is 436. The summed E-state index contributed by atoms with van der Waals surface area (Å²) < 4.78 is 0. The summed E-state index contributed by atoms with van der Waals surface area (Å²) in [6.07, 6.45) is 3.22. The standard InChI is InChI=1S/C16H24ClNO/c1-4-16(3)7-9-18(10-8-16)15-6-5-13(12(2)19)11-14(15)17/h5-6,11-12,19H,4,7-10H2,1-3H3. The average Bonchev–Trinajstić information content (AvgIpc) is 2.40. The van der Waals surface area contributed by atoms with E-state index in [4.69, 9.17) is 11.6 Å². The second-order valence-electron chi connectivity index (χ2n) is 6.04. The molecule has 3 heteroatoms. The molecule has 2 rings (SSSR count). The minimum atomic E-state index is -0.462. The summed E-state index contributed by atoms with van der Waals surface area (Å²) in [5, 5.41) is 10.3. The topological polar surface area (TPSA) is 23.5 Å². The molecule has 0 spiro atoms. The first-order chi connectivity index (χ1) is 8.95. The third kappa shape index (κ3) is 3.24. The van der Waals surface area contributed by atoms with E-state index in [-0.39, 0.29) is 0 Å². The first-order valence-corrected chi connectivity index (χ1v) is 7.55. The van der Waals surface area contributed by atoms with E-state index in [0.29, 0.717) is 5.41 Å². The first kappa shape index (κ1) is 14.7. The number of hydrogen-bond donors (Lipinski definition) is 1. The number of halogens is 1. The third-order valence-corrected chi connectivity index (χ3v) is 4.92. The molecule has 1 aromatic carbocycles. The third-order valence-electron chi connectivity index (χ3n) is 4.62. The van der Waals surface area contributed by atoms with Gasteiger partial charge >= 0.3 is 0 Å². The predicted octanol–water partition coefficient (Wildman–Crippen LogP) is 4.41. The average molecular weight is 282 g/mol. The van der Waals surface area contributed by atoms with E-state index in [1.165, 1.54) is 19.3 Å². The Morgan fingerprint density at radius 3 is 2.47 bits per heavy atom. The molecule has 0 amide bonds. The zero-order valence-corrected chi connectivity index (χ0v) is 12.9. The number of aliphatic hydroxyl groups excluding tert-OH is 1. The zero-order valence-electron chi connectivity index (χ0n) is 12.1. The maximum Gasteiger partial charge on any atom is 0.0762 e. The summed E-state index contributed by atoms with van der Waals surface area (Å²) >= 11 is 6.36. The van der Waals surface area contributed by atoms with Crippen molar-refractivity contribution < 1.29 is 5.11 Å². The van der Waals surface area contributed by atoms with Gasteiger partial charge in [0.1, 0.15) is 0 Å². The summed E-state index contributed by atoms with van der Waals surface area (Å²) in [6, 6.07) is 5.90. The van der Waals surface area contributed by atoms with Crippen LogP contribution in [0, 0.1) is 5.41 Å². The first-order valence-electron chi connectivity index (χ1n) is 7.18. The molecule has 1 atom stereocenters. The highest BCUT2D eigenvalue weighted by molar-refractivity contribution is 6.33. The Balaban J connectivity index is 2.12. The Morgan fingerprint density at radius 1 is 1.37 bits per heavy atom. The van der Waals surface area contributed by atoms with Crippen LogP contribution in [0.15, 0.2) is 18.2 Å². The molecule has 1 unspecified atom stereocenters. The van der Waals surface area contributed by atoms with Gasteiger partial charge in [0, 0.05) is 13.1 Å². The Labute approximate surface area is 121 Å². The van der Waals surface area contributed by atoms with Crippen LogP contribution in [0.3, 0.4) is 0 Å². The lowest BCUT2D eigenvalue weighted by Gasteiger charge is -2.40. The molecule has 1 heterocycles. The Morgan fingerprint density at radius 2 is 2.00 bits per heavy atom. The number of aliphatic hydroxyl groups is 1. The van der Waals surface area contributed by atoms with Crippen molar-refractivity contribution in [2.45, 2.75) is 46.1 Å². The molecule has 106 valence electrons. The fraction of sp³-hybridized carbons (Fsp3) is 0.625. The molecule has 0 saturated carbocycles. The summed E-state index contributed by atoms with van der Waals surface area (Å²) in [6.45, 7) is 8.55.